The minimum absolute atomic E-state index is 0.0916. The van der Waals surface area contributed by atoms with Crippen LogP contribution in [0.3, 0.4) is 0 Å². The van der Waals surface area contributed by atoms with Gasteiger partial charge in [0.25, 0.3) is 10.2 Å². The summed E-state index contributed by atoms with van der Waals surface area (Å²) in [4.78, 5) is 0. The molecular weight excluding hydrogens is 214 g/mol. The Hall–Kier alpha value is -0.170. The molecule has 0 aromatic rings. The summed E-state index contributed by atoms with van der Waals surface area (Å²) in [6, 6.07) is 0. The van der Waals surface area contributed by atoms with E-state index in [-0.39, 0.29) is 5.41 Å². The lowest BCUT2D eigenvalue weighted by molar-refractivity contribution is 0.231. The second-order valence-corrected chi connectivity index (χ2v) is 6.64. The zero-order valence-electron chi connectivity index (χ0n) is 9.71. The highest BCUT2D eigenvalue weighted by Crippen LogP contribution is 2.26. The van der Waals surface area contributed by atoms with Gasteiger partial charge in [0.1, 0.15) is 0 Å². The molecule has 0 bridgehead atoms. The Labute approximate surface area is 92.4 Å². The third-order valence-corrected chi connectivity index (χ3v) is 4.44. The molecule has 0 saturated carbocycles. The summed E-state index contributed by atoms with van der Waals surface area (Å²) in [7, 11) is -0.203. The Kier molecular flexibility index (Phi) is 4.11. The molecule has 0 unspecified atom stereocenters. The van der Waals surface area contributed by atoms with Crippen LogP contribution in [0.5, 0.6) is 0 Å². The fourth-order valence-corrected chi connectivity index (χ4v) is 2.39. The van der Waals surface area contributed by atoms with Gasteiger partial charge in [-0.1, -0.05) is 6.92 Å². The molecule has 0 atom stereocenters. The van der Waals surface area contributed by atoms with E-state index in [0.717, 1.165) is 25.9 Å². The van der Waals surface area contributed by atoms with Gasteiger partial charge in [0.15, 0.2) is 0 Å². The van der Waals surface area contributed by atoms with Gasteiger partial charge in [-0.05, 0) is 31.3 Å². The summed E-state index contributed by atoms with van der Waals surface area (Å²) in [6.45, 7) is 4.60. The zero-order valence-corrected chi connectivity index (χ0v) is 10.5. The third-order valence-electron chi connectivity index (χ3n) is 2.97. The van der Waals surface area contributed by atoms with Gasteiger partial charge >= 0.3 is 0 Å². The standard InChI is InChI=1S/C9H21N3O2S/c1-9(4-6-10-7-5-9)8-11-15(13,14)12(2)3/h10-11H,4-8H2,1-3H3. The molecule has 1 rings (SSSR count). The lowest BCUT2D eigenvalue weighted by Crippen LogP contribution is -2.45. The molecule has 0 amide bonds. The van der Waals surface area contributed by atoms with Crippen LogP contribution in [0.1, 0.15) is 19.8 Å². The Morgan fingerprint density at radius 1 is 1.33 bits per heavy atom. The van der Waals surface area contributed by atoms with E-state index in [4.69, 9.17) is 0 Å². The predicted molar refractivity (Wildman–Crippen MR) is 60.8 cm³/mol. The molecule has 1 saturated heterocycles. The van der Waals surface area contributed by atoms with Crippen molar-refractivity contribution in [2.24, 2.45) is 5.41 Å². The van der Waals surface area contributed by atoms with Crippen molar-refractivity contribution in [2.75, 3.05) is 33.7 Å². The molecule has 0 radical (unpaired) electrons. The van der Waals surface area contributed by atoms with Crippen LogP contribution in [0.2, 0.25) is 0 Å². The van der Waals surface area contributed by atoms with Crippen molar-refractivity contribution in [3.8, 4) is 0 Å². The highest BCUT2D eigenvalue weighted by molar-refractivity contribution is 7.87. The quantitative estimate of drug-likeness (QED) is 0.708. The monoisotopic (exact) mass is 235 g/mol. The molecule has 2 N–H and O–H groups in total. The number of piperidine rings is 1. The van der Waals surface area contributed by atoms with Gasteiger partial charge in [-0.2, -0.15) is 12.7 Å². The van der Waals surface area contributed by atoms with Crippen molar-refractivity contribution in [1.29, 1.82) is 0 Å². The van der Waals surface area contributed by atoms with E-state index >= 15 is 0 Å². The number of nitrogens with zero attached hydrogens (tertiary/aromatic N) is 1. The van der Waals surface area contributed by atoms with E-state index in [1.54, 1.807) is 0 Å². The van der Waals surface area contributed by atoms with Crippen LogP contribution in [0.25, 0.3) is 0 Å². The molecule has 0 aromatic heterocycles. The van der Waals surface area contributed by atoms with E-state index in [0.29, 0.717) is 6.54 Å². The first kappa shape index (κ1) is 12.9. The molecule has 1 aliphatic heterocycles. The molecule has 1 fully saturated rings. The fraction of sp³-hybridized carbons (Fsp3) is 1.00. The zero-order chi connectivity index (χ0) is 11.5. The second-order valence-electron chi connectivity index (χ2n) is 4.67. The normalized spacial score (nSPS) is 21.9. The van der Waals surface area contributed by atoms with Crippen molar-refractivity contribution in [1.82, 2.24) is 14.3 Å². The van der Waals surface area contributed by atoms with Gasteiger partial charge in [-0.3, -0.25) is 0 Å². The molecule has 90 valence electrons. The molecule has 0 spiro atoms. The van der Waals surface area contributed by atoms with E-state index in [2.05, 4.69) is 17.0 Å². The molecule has 6 heteroatoms. The van der Waals surface area contributed by atoms with Crippen LogP contribution in [0.4, 0.5) is 0 Å². The Morgan fingerprint density at radius 2 is 1.87 bits per heavy atom. The summed E-state index contributed by atoms with van der Waals surface area (Å²) in [5.41, 5.74) is 0.0916. The number of hydrogen-bond donors (Lipinski definition) is 2. The van der Waals surface area contributed by atoms with E-state index in [9.17, 15) is 8.42 Å². The summed E-state index contributed by atoms with van der Waals surface area (Å²) in [6.07, 6.45) is 2.03. The van der Waals surface area contributed by atoms with Crippen LogP contribution in [-0.2, 0) is 10.2 Å². The SMILES string of the molecule is CN(C)S(=O)(=O)NCC1(C)CCNCC1. The average Bonchev–Trinajstić information content (AvgIpc) is 2.16. The number of nitrogens with one attached hydrogen (secondary N) is 2. The first-order chi connectivity index (χ1) is 6.86. The fourth-order valence-electron chi connectivity index (χ4n) is 1.60. The van der Waals surface area contributed by atoms with Crippen LogP contribution >= 0.6 is 0 Å². The van der Waals surface area contributed by atoms with Crippen molar-refractivity contribution in [3.05, 3.63) is 0 Å². The summed E-state index contributed by atoms with van der Waals surface area (Å²) < 4.78 is 26.9. The Bertz CT molecular complexity index is 294. The van der Waals surface area contributed by atoms with E-state index < -0.39 is 10.2 Å². The van der Waals surface area contributed by atoms with E-state index in [1.165, 1.54) is 18.4 Å². The first-order valence-corrected chi connectivity index (χ1v) is 6.68. The van der Waals surface area contributed by atoms with Gasteiger partial charge in [0, 0.05) is 20.6 Å². The Morgan fingerprint density at radius 3 is 2.33 bits per heavy atom. The summed E-state index contributed by atoms with van der Waals surface area (Å²) in [5, 5.41) is 3.27. The molecule has 0 aliphatic carbocycles. The summed E-state index contributed by atoms with van der Waals surface area (Å²) in [5.74, 6) is 0. The first-order valence-electron chi connectivity index (χ1n) is 5.24. The molecule has 5 nitrogen and oxygen atoms in total. The van der Waals surface area contributed by atoms with Crippen molar-refractivity contribution >= 4 is 10.2 Å². The largest absolute Gasteiger partial charge is 0.317 e. The van der Waals surface area contributed by atoms with Crippen LogP contribution in [0.15, 0.2) is 0 Å². The lowest BCUT2D eigenvalue weighted by atomic mass is 9.81. The smallest absolute Gasteiger partial charge is 0.278 e. The minimum Gasteiger partial charge on any atom is -0.317 e. The van der Waals surface area contributed by atoms with Gasteiger partial charge in [0.2, 0.25) is 0 Å². The van der Waals surface area contributed by atoms with Gasteiger partial charge in [0.05, 0.1) is 0 Å². The maximum absolute atomic E-state index is 11.5. The summed E-state index contributed by atoms with van der Waals surface area (Å²) >= 11 is 0. The maximum Gasteiger partial charge on any atom is 0.278 e. The number of hydrogen-bond acceptors (Lipinski definition) is 3. The lowest BCUT2D eigenvalue weighted by Gasteiger charge is -2.34. The van der Waals surface area contributed by atoms with Gasteiger partial charge < -0.3 is 5.32 Å². The Balaban J connectivity index is 2.48. The highest BCUT2D eigenvalue weighted by atomic mass is 32.2. The molecule has 0 aromatic carbocycles. The van der Waals surface area contributed by atoms with Crippen molar-refractivity contribution < 1.29 is 8.42 Å². The van der Waals surface area contributed by atoms with Crippen LogP contribution in [0, 0.1) is 5.41 Å². The number of rotatable bonds is 4. The molecule has 1 aliphatic rings. The minimum atomic E-state index is -3.27. The molecular formula is C9H21N3O2S. The molecule has 15 heavy (non-hydrogen) atoms. The van der Waals surface area contributed by atoms with Gasteiger partial charge in [-0.25, -0.2) is 4.72 Å². The topological polar surface area (TPSA) is 61.4 Å². The van der Waals surface area contributed by atoms with Crippen molar-refractivity contribution in [3.63, 3.8) is 0 Å². The van der Waals surface area contributed by atoms with E-state index in [1.807, 2.05) is 0 Å². The predicted octanol–water partition coefficient (Wildman–Crippen LogP) is -0.228. The van der Waals surface area contributed by atoms with Crippen LogP contribution in [-0.4, -0.2) is 46.5 Å². The third kappa shape index (κ3) is 3.71. The highest BCUT2D eigenvalue weighted by Gasteiger charge is 2.28. The second kappa shape index (κ2) is 4.78. The van der Waals surface area contributed by atoms with Gasteiger partial charge in [-0.15, -0.1) is 0 Å². The van der Waals surface area contributed by atoms with Crippen molar-refractivity contribution in [2.45, 2.75) is 19.8 Å². The average molecular weight is 235 g/mol. The molecule has 1 heterocycles. The van der Waals surface area contributed by atoms with Crippen LogP contribution < -0.4 is 10.0 Å². The maximum atomic E-state index is 11.5.